The van der Waals surface area contributed by atoms with Crippen molar-refractivity contribution in [2.45, 2.75) is 32.4 Å². The fraction of sp³-hybridized carbons (Fsp3) is 0.800. The third-order valence-corrected chi connectivity index (χ3v) is 2.13. The largest absolute Gasteiger partial charge is 0.383 e. The number of amides is 2. The van der Waals surface area contributed by atoms with Crippen molar-refractivity contribution >= 4 is 11.8 Å². The van der Waals surface area contributed by atoms with Crippen molar-refractivity contribution in [3.05, 3.63) is 0 Å². The Kier molecular flexibility index (Phi) is 7.49. The van der Waals surface area contributed by atoms with Crippen LogP contribution in [0, 0.1) is 0 Å². The first-order valence-electron chi connectivity index (χ1n) is 5.35. The first-order valence-corrected chi connectivity index (χ1v) is 5.35. The van der Waals surface area contributed by atoms with Crippen molar-refractivity contribution in [3.8, 4) is 0 Å². The Morgan fingerprint density at radius 2 is 2.00 bits per heavy atom. The van der Waals surface area contributed by atoms with E-state index >= 15 is 0 Å². The van der Waals surface area contributed by atoms with Gasteiger partial charge in [-0.25, -0.2) is 0 Å². The highest BCUT2D eigenvalue weighted by atomic mass is 16.5. The SMILES string of the molecule is CC[C@H](N)C(=O)NC(C)C(=O)NCCOC. The minimum atomic E-state index is -0.582. The van der Waals surface area contributed by atoms with Gasteiger partial charge in [0.2, 0.25) is 11.8 Å². The van der Waals surface area contributed by atoms with Crippen molar-refractivity contribution in [2.24, 2.45) is 5.73 Å². The Bertz CT molecular complexity index is 233. The minimum absolute atomic E-state index is 0.242. The molecule has 0 fully saturated rings. The quantitative estimate of drug-likeness (QED) is 0.489. The highest BCUT2D eigenvalue weighted by molar-refractivity contribution is 5.89. The van der Waals surface area contributed by atoms with Crippen LogP contribution in [0.15, 0.2) is 0 Å². The lowest BCUT2D eigenvalue weighted by Gasteiger charge is -2.16. The zero-order valence-electron chi connectivity index (χ0n) is 10.1. The Labute approximate surface area is 95.9 Å². The molecule has 6 nitrogen and oxygen atoms in total. The van der Waals surface area contributed by atoms with Crippen molar-refractivity contribution in [3.63, 3.8) is 0 Å². The molecule has 94 valence electrons. The molecular weight excluding hydrogens is 210 g/mol. The number of carbonyl (C=O) groups excluding carboxylic acids is 2. The number of rotatable bonds is 7. The van der Waals surface area contributed by atoms with E-state index in [0.29, 0.717) is 19.6 Å². The summed E-state index contributed by atoms with van der Waals surface area (Å²) < 4.78 is 4.79. The number of hydrogen-bond donors (Lipinski definition) is 3. The summed E-state index contributed by atoms with van der Waals surface area (Å²) in [7, 11) is 1.55. The van der Waals surface area contributed by atoms with Gasteiger partial charge in [-0.1, -0.05) is 6.92 Å². The van der Waals surface area contributed by atoms with Gasteiger partial charge in [0.25, 0.3) is 0 Å². The molecule has 0 aromatic rings. The second-order valence-corrected chi connectivity index (χ2v) is 3.53. The van der Waals surface area contributed by atoms with Crippen LogP contribution in [0.5, 0.6) is 0 Å². The van der Waals surface area contributed by atoms with Gasteiger partial charge in [0.05, 0.1) is 12.6 Å². The lowest BCUT2D eigenvalue weighted by molar-refractivity contribution is -0.129. The van der Waals surface area contributed by atoms with E-state index in [0.717, 1.165) is 0 Å². The van der Waals surface area contributed by atoms with Crippen LogP contribution >= 0.6 is 0 Å². The maximum Gasteiger partial charge on any atom is 0.242 e. The van der Waals surface area contributed by atoms with Crippen molar-refractivity contribution in [1.29, 1.82) is 0 Å². The fourth-order valence-corrected chi connectivity index (χ4v) is 1.00. The Morgan fingerprint density at radius 3 is 2.50 bits per heavy atom. The van der Waals surface area contributed by atoms with Crippen LogP contribution in [-0.2, 0) is 14.3 Å². The molecule has 2 atom stereocenters. The molecule has 2 amide bonds. The molecule has 0 aliphatic carbocycles. The van der Waals surface area contributed by atoms with Gasteiger partial charge in [0.15, 0.2) is 0 Å². The number of methoxy groups -OCH3 is 1. The average molecular weight is 231 g/mol. The number of nitrogens with two attached hydrogens (primary N) is 1. The predicted molar refractivity (Wildman–Crippen MR) is 60.8 cm³/mol. The molecule has 0 rings (SSSR count). The zero-order chi connectivity index (χ0) is 12.6. The van der Waals surface area contributed by atoms with Crippen LogP contribution in [0.25, 0.3) is 0 Å². The van der Waals surface area contributed by atoms with Gasteiger partial charge in [-0.2, -0.15) is 0 Å². The molecule has 0 saturated carbocycles. The summed E-state index contributed by atoms with van der Waals surface area (Å²) in [6, 6.07) is -1.14. The third kappa shape index (κ3) is 5.67. The highest BCUT2D eigenvalue weighted by Gasteiger charge is 2.18. The maximum atomic E-state index is 11.4. The minimum Gasteiger partial charge on any atom is -0.383 e. The van der Waals surface area contributed by atoms with E-state index in [-0.39, 0.29) is 11.8 Å². The van der Waals surface area contributed by atoms with E-state index < -0.39 is 12.1 Å². The summed E-state index contributed by atoms with van der Waals surface area (Å²) in [5, 5.41) is 5.17. The monoisotopic (exact) mass is 231 g/mol. The Hall–Kier alpha value is -1.14. The van der Waals surface area contributed by atoms with Crippen molar-refractivity contribution in [1.82, 2.24) is 10.6 Å². The van der Waals surface area contributed by atoms with E-state index in [1.807, 2.05) is 6.92 Å². The van der Waals surface area contributed by atoms with Crippen molar-refractivity contribution < 1.29 is 14.3 Å². The van der Waals surface area contributed by atoms with E-state index in [2.05, 4.69) is 10.6 Å². The van der Waals surface area contributed by atoms with E-state index in [9.17, 15) is 9.59 Å². The first-order chi connectivity index (χ1) is 7.52. The molecule has 0 saturated heterocycles. The van der Waals surface area contributed by atoms with Gasteiger partial charge < -0.3 is 21.1 Å². The molecule has 1 unspecified atom stereocenters. The molecule has 0 spiro atoms. The van der Waals surface area contributed by atoms with Gasteiger partial charge in [-0.3, -0.25) is 9.59 Å². The lowest BCUT2D eigenvalue weighted by Crippen LogP contribution is -2.50. The molecule has 0 aliphatic heterocycles. The molecular formula is C10H21N3O3. The summed E-state index contributed by atoms with van der Waals surface area (Å²) in [5.41, 5.74) is 5.52. The molecule has 0 bridgehead atoms. The number of ether oxygens (including phenoxy) is 1. The molecule has 0 radical (unpaired) electrons. The van der Waals surface area contributed by atoms with Gasteiger partial charge >= 0.3 is 0 Å². The molecule has 0 heterocycles. The smallest absolute Gasteiger partial charge is 0.242 e. The zero-order valence-corrected chi connectivity index (χ0v) is 10.1. The van der Waals surface area contributed by atoms with Gasteiger partial charge in [-0.15, -0.1) is 0 Å². The molecule has 0 aliphatic rings. The molecule has 6 heteroatoms. The number of carbonyl (C=O) groups is 2. The predicted octanol–water partition coefficient (Wildman–Crippen LogP) is -1.01. The van der Waals surface area contributed by atoms with Gasteiger partial charge in [-0.05, 0) is 13.3 Å². The Balaban J connectivity index is 3.91. The molecule has 4 N–H and O–H groups in total. The highest BCUT2D eigenvalue weighted by Crippen LogP contribution is 1.89. The normalized spacial score (nSPS) is 14.0. The van der Waals surface area contributed by atoms with Gasteiger partial charge in [0.1, 0.15) is 6.04 Å². The van der Waals surface area contributed by atoms with E-state index in [4.69, 9.17) is 10.5 Å². The van der Waals surface area contributed by atoms with E-state index in [1.165, 1.54) is 0 Å². The van der Waals surface area contributed by atoms with Crippen LogP contribution in [0.4, 0.5) is 0 Å². The summed E-state index contributed by atoms with van der Waals surface area (Å²) in [5.74, 6) is -0.550. The van der Waals surface area contributed by atoms with Crippen LogP contribution in [0.1, 0.15) is 20.3 Å². The Morgan fingerprint density at radius 1 is 1.38 bits per heavy atom. The number of nitrogens with one attached hydrogen (secondary N) is 2. The summed E-state index contributed by atoms with van der Waals surface area (Å²) in [6.07, 6.45) is 0.545. The van der Waals surface area contributed by atoms with Crippen LogP contribution < -0.4 is 16.4 Å². The van der Waals surface area contributed by atoms with Crippen LogP contribution in [-0.4, -0.2) is 44.2 Å². The van der Waals surface area contributed by atoms with Crippen LogP contribution in [0.2, 0.25) is 0 Å². The number of hydrogen-bond acceptors (Lipinski definition) is 4. The van der Waals surface area contributed by atoms with Crippen LogP contribution in [0.3, 0.4) is 0 Å². The maximum absolute atomic E-state index is 11.4. The second kappa shape index (κ2) is 8.06. The third-order valence-electron chi connectivity index (χ3n) is 2.13. The summed E-state index contributed by atoms with van der Waals surface area (Å²) >= 11 is 0. The fourth-order valence-electron chi connectivity index (χ4n) is 1.00. The topological polar surface area (TPSA) is 93.5 Å². The molecule has 0 aromatic heterocycles. The van der Waals surface area contributed by atoms with Crippen molar-refractivity contribution in [2.75, 3.05) is 20.3 Å². The molecule has 16 heavy (non-hydrogen) atoms. The average Bonchev–Trinajstić information content (AvgIpc) is 2.27. The van der Waals surface area contributed by atoms with E-state index in [1.54, 1.807) is 14.0 Å². The molecule has 0 aromatic carbocycles. The second-order valence-electron chi connectivity index (χ2n) is 3.53. The summed E-state index contributed by atoms with van der Waals surface area (Å²) in [4.78, 5) is 22.8. The van der Waals surface area contributed by atoms with Gasteiger partial charge in [0, 0.05) is 13.7 Å². The first kappa shape index (κ1) is 14.9. The lowest BCUT2D eigenvalue weighted by atomic mass is 10.2. The summed E-state index contributed by atoms with van der Waals surface area (Å²) in [6.45, 7) is 4.30. The standard InChI is InChI=1S/C10H21N3O3/c1-4-8(11)10(15)13-7(2)9(14)12-5-6-16-3/h7-8H,4-6,11H2,1-3H3,(H,12,14)(H,13,15)/t7?,8-/m0/s1.